The fourth-order valence-corrected chi connectivity index (χ4v) is 3.06. The standard InChI is InChI=1S/C20H30N2O4/c1-20(2,3)26-19(23)22-12-18(13-22)25-17-6-4-16(5-7-17)24-14-15-8-10-21-11-9-15/h4-7,15,18,21H,8-14H2,1-3H3. The van der Waals surface area contributed by atoms with Gasteiger partial charge in [0.25, 0.3) is 0 Å². The van der Waals surface area contributed by atoms with Crippen molar-refractivity contribution in [1.82, 2.24) is 10.2 Å². The summed E-state index contributed by atoms with van der Waals surface area (Å²) in [5, 5.41) is 3.37. The SMILES string of the molecule is CC(C)(C)OC(=O)N1CC(Oc2ccc(OCC3CCNCC3)cc2)C1. The molecule has 6 heteroatoms. The number of carbonyl (C=O) groups is 1. The highest BCUT2D eigenvalue weighted by atomic mass is 16.6. The minimum absolute atomic E-state index is 0.0176. The molecule has 6 nitrogen and oxygen atoms in total. The first-order valence-electron chi connectivity index (χ1n) is 9.47. The van der Waals surface area contributed by atoms with E-state index in [1.165, 1.54) is 12.8 Å². The monoisotopic (exact) mass is 362 g/mol. The summed E-state index contributed by atoms with van der Waals surface area (Å²) in [6, 6.07) is 7.74. The van der Waals surface area contributed by atoms with Gasteiger partial charge in [0.15, 0.2) is 0 Å². The number of hydrogen-bond acceptors (Lipinski definition) is 5. The maximum Gasteiger partial charge on any atom is 0.410 e. The Kier molecular flexibility index (Phi) is 5.91. The molecular formula is C20H30N2O4. The summed E-state index contributed by atoms with van der Waals surface area (Å²) >= 11 is 0. The summed E-state index contributed by atoms with van der Waals surface area (Å²) in [6.45, 7) is 9.67. The molecule has 0 aromatic heterocycles. The van der Waals surface area contributed by atoms with E-state index in [2.05, 4.69) is 5.32 Å². The largest absolute Gasteiger partial charge is 0.493 e. The molecule has 1 N–H and O–H groups in total. The summed E-state index contributed by atoms with van der Waals surface area (Å²) in [7, 11) is 0. The predicted molar refractivity (Wildman–Crippen MR) is 99.8 cm³/mol. The summed E-state index contributed by atoms with van der Waals surface area (Å²) in [4.78, 5) is 13.6. The topological polar surface area (TPSA) is 60.0 Å². The molecule has 2 fully saturated rings. The van der Waals surface area contributed by atoms with Crippen LogP contribution in [0.4, 0.5) is 4.79 Å². The molecule has 0 atom stereocenters. The Hall–Kier alpha value is -1.95. The number of benzene rings is 1. The molecule has 0 saturated carbocycles. The van der Waals surface area contributed by atoms with Gasteiger partial charge in [0.05, 0.1) is 19.7 Å². The van der Waals surface area contributed by atoms with Crippen LogP contribution in [0.3, 0.4) is 0 Å². The maximum atomic E-state index is 11.9. The van der Waals surface area contributed by atoms with Crippen LogP contribution < -0.4 is 14.8 Å². The normalized spacial score (nSPS) is 19.0. The summed E-state index contributed by atoms with van der Waals surface area (Å²) < 4.78 is 17.1. The third-order valence-electron chi connectivity index (χ3n) is 4.57. The first-order chi connectivity index (χ1) is 12.4. The second-order valence-corrected chi connectivity index (χ2v) is 8.10. The van der Waals surface area contributed by atoms with Crippen LogP contribution in [-0.2, 0) is 4.74 Å². The average molecular weight is 362 g/mol. The Balaban J connectivity index is 1.38. The Morgan fingerprint density at radius 2 is 1.73 bits per heavy atom. The number of nitrogens with zero attached hydrogens (tertiary/aromatic N) is 1. The van der Waals surface area contributed by atoms with E-state index in [9.17, 15) is 4.79 Å². The van der Waals surface area contributed by atoms with E-state index in [1.807, 2.05) is 45.0 Å². The van der Waals surface area contributed by atoms with Crippen molar-refractivity contribution >= 4 is 6.09 Å². The van der Waals surface area contributed by atoms with Crippen LogP contribution in [0.15, 0.2) is 24.3 Å². The van der Waals surface area contributed by atoms with Crippen molar-refractivity contribution in [3.63, 3.8) is 0 Å². The molecule has 1 aromatic rings. The number of carbonyl (C=O) groups excluding carboxylic acids is 1. The van der Waals surface area contributed by atoms with E-state index >= 15 is 0 Å². The number of nitrogens with one attached hydrogen (secondary N) is 1. The lowest BCUT2D eigenvalue weighted by Gasteiger charge is -2.39. The van der Waals surface area contributed by atoms with Crippen molar-refractivity contribution in [2.45, 2.75) is 45.3 Å². The molecule has 0 spiro atoms. The highest BCUT2D eigenvalue weighted by molar-refractivity contribution is 5.69. The zero-order valence-corrected chi connectivity index (χ0v) is 16.0. The van der Waals surface area contributed by atoms with Crippen LogP contribution >= 0.6 is 0 Å². The number of ether oxygens (including phenoxy) is 3. The third-order valence-corrected chi connectivity index (χ3v) is 4.57. The number of likely N-dealkylation sites (tertiary alicyclic amines) is 1. The van der Waals surface area contributed by atoms with Crippen LogP contribution in [-0.4, -0.2) is 55.5 Å². The van der Waals surface area contributed by atoms with E-state index in [-0.39, 0.29) is 12.2 Å². The van der Waals surface area contributed by atoms with Crippen molar-refractivity contribution in [1.29, 1.82) is 0 Å². The van der Waals surface area contributed by atoms with Gasteiger partial charge in [-0.05, 0) is 76.9 Å². The van der Waals surface area contributed by atoms with E-state index in [0.717, 1.165) is 31.2 Å². The van der Waals surface area contributed by atoms with E-state index in [0.29, 0.717) is 19.0 Å². The zero-order chi connectivity index (χ0) is 18.6. The third kappa shape index (κ3) is 5.53. The Morgan fingerprint density at radius 3 is 2.35 bits per heavy atom. The first kappa shape index (κ1) is 18.8. The van der Waals surface area contributed by atoms with Gasteiger partial charge in [0.1, 0.15) is 23.2 Å². The lowest BCUT2D eigenvalue weighted by molar-refractivity contribution is -0.0221. The van der Waals surface area contributed by atoms with Gasteiger partial charge < -0.3 is 24.4 Å². The van der Waals surface area contributed by atoms with Crippen LogP contribution in [0.1, 0.15) is 33.6 Å². The summed E-state index contributed by atoms with van der Waals surface area (Å²) in [6.07, 6.45) is 2.09. The number of rotatable bonds is 5. The molecule has 1 amide bonds. The molecule has 3 rings (SSSR count). The predicted octanol–water partition coefficient (Wildman–Crippen LogP) is 3.06. The van der Waals surface area contributed by atoms with E-state index in [4.69, 9.17) is 14.2 Å². The molecular weight excluding hydrogens is 332 g/mol. The van der Waals surface area contributed by atoms with Crippen LogP contribution in [0, 0.1) is 5.92 Å². The van der Waals surface area contributed by atoms with Gasteiger partial charge in [-0.1, -0.05) is 0 Å². The van der Waals surface area contributed by atoms with Gasteiger partial charge in [-0.15, -0.1) is 0 Å². The smallest absolute Gasteiger partial charge is 0.410 e. The van der Waals surface area contributed by atoms with Gasteiger partial charge in [-0.2, -0.15) is 0 Å². The molecule has 0 aliphatic carbocycles. The Bertz CT molecular complexity index is 585. The number of amides is 1. The number of hydrogen-bond donors (Lipinski definition) is 1. The molecule has 2 saturated heterocycles. The average Bonchev–Trinajstić information content (AvgIpc) is 2.56. The van der Waals surface area contributed by atoms with Gasteiger partial charge >= 0.3 is 6.09 Å². The minimum Gasteiger partial charge on any atom is -0.493 e. The molecule has 2 aliphatic heterocycles. The second kappa shape index (κ2) is 8.16. The van der Waals surface area contributed by atoms with Crippen molar-refractivity contribution in [2.24, 2.45) is 5.92 Å². The molecule has 0 radical (unpaired) electrons. The minimum atomic E-state index is -0.465. The van der Waals surface area contributed by atoms with Gasteiger partial charge in [-0.3, -0.25) is 0 Å². The highest BCUT2D eigenvalue weighted by Crippen LogP contribution is 2.23. The van der Waals surface area contributed by atoms with Crippen molar-refractivity contribution in [3.8, 4) is 11.5 Å². The quantitative estimate of drug-likeness (QED) is 0.872. The van der Waals surface area contributed by atoms with Crippen molar-refractivity contribution < 1.29 is 19.0 Å². The highest BCUT2D eigenvalue weighted by Gasteiger charge is 2.35. The Labute approximate surface area is 155 Å². The molecule has 1 aromatic carbocycles. The number of piperidine rings is 1. The van der Waals surface area contributed by atoms with Crippen LogP contribution in [0.25, 0.3) is 0 Å². The second-order valence-electron chi connectivity index (χ2n) is 8.10. The molecule has 26 heavy (non-hydrogen) atoms. The Morgan fingerprint density at radius 1 is 1.12 bits per heavy atom. The maximum absolute atomic E-state index is 11.9. The molecule has 2 aliphatic rings. The summed E-state index contributed by atoms with van der Waals surface area (Å²) in [5.74, 6) is 2.31. The first-order valence-corrected chi connectivity index (χ1v) is 9.47. The molecule has 0 unspecified atom stereocenters. The van der Waals surface area contributed by atoms with Crippen molar-refractivity contribution in [3.05, 3.63) is 24.3 Å². The zero-order valence-electron chi connectivity index (χ0n) is 16.0. The van der Waals surface area contributed by atoms with E-state index < -0.39 is 5.60 Å². The van der Waals surface area contributed by atoms with Gasteiger partial charge in [-0.25, -0.2) is 4.79 Å². The van der Waals surface area contributed by atoms with Crippen LogP contribution in [0.2, 0.25) is 0 Å². The fraction of sp³-hybridized carbons (Fsp3) is 0.650. The molecule has 2 heterocycles. The van der Waals surface area contributed by atoms with Crippen molar-refractivity contribution in [2.75, 3.05) is 32.8 Å². The van der Waals surface area contributed by atoms with Gasteiger partial charge in [0.2, 0.25) is 0 Å². The lowest BCUT2D eigenvalue weighted by atomic mass is 9.99. The molecule has 0 bridgehead atoms. The lowest BCUT2D eigenvalue weighted by Crippen LogP contribution is -2.57. The van der Waals surface area contributed by atoms with Gasteiger partial charge in [0, 0.05) is 0 Å². The van der Waals surface area contributed by atoms with E-state index in [1.54, 1.807) is 4.90 Å². The fourth-order valence-electron chi connectivity index (χ4n) is 3.06. The van der Waals surface area contributed by atoms with Crippen LogP contribution in [0.5, 0.6) is 11.5 Å². The molecule has 144 valence electrons. The summed E-state index contributed by atoms with van der Waals surface area (Å²) in [5.41, 5.74) is -0.465.